The molecule has 3 nitrogen and oxygen atoms in total. The Balaban J connectivity index is 2.43. The number of nitriles is 1. The highest BCUT2D eigenvalue weighted by molar-refractivity contribution is 7.92. The van der Waals surface area contributed by atoms with Crippen LogP contribution in [0.25, 0.3) is 0 Å². The minimum Gasteiger partial charge on any atom is -0.222 e. The van der Waals surface area contributed by atoms with Gasteiger partial charge in [0.05, 0.1) is 6.07 Å². The van der Waals surface area contributed by atoms with Crippen molar-refractivity contribution in [1.82, 2.24) is 0 Å². The van der Waals surface area contributed by atoms with Crippen molar-refractivity contribution in [2.45, 2.75) is 35.8 Å². The van der Waals surface area contributed by atoms with Crippen LogP contribution in [0.3, 0.4) is 0 Å². The maximum atomic E-state index is 13.6. The molecule has 0 saturated heterocycles. The SMILES string of the molecule is N#CC(C1CCCC1)S(=O)(=O)c1ccc(F)cc1F. The molecule has 1 unspecified atom stereocenters. The van der Waals surface area contributed by atoms with Crippen LogP contribution in [0.4, 0.5) is 8.78 Å². The molecular weight excluding hydrogens is 272 g/mol. The second-order valence-electron chi connectivity index (χ2n) is 4.71. The van der Waals surface area contributed by atoms with Crippen molar-refractivity contribution >= 4 is 9.84 Å². The van der Waals surface area contributed by atoms with E-state index < -0.39 is 31.6 Å². The van der Waals surface area contributed by atoms with Gasteiger partial charge in [-0.25, -0.2) is 17.2 Å². The smallest absolute Gasteiger partial charge is 0.197 e. The molecule has 1 aromatic rings. The van der Waals surface area contributed by atoms with Gasteiger partial charge in [-0.15, -0.1) is 0 Å². The number of halogens is 2. The van der Waals surface area contributed by atoms with Crippen molar-refractivity contribution in [2.75, 3.05) is 0 Å². The van der Waals surface area contributed by atoms with Gasteiger partial charge >= 0.3 is 0 Å². The summed E-state index contributed by atoms with van der Waals surface area (Å²) in [5.41, 5.74) is 0. The molecule has 1 atom stereocenters. The van der Waals surface area contributed by atoms with Crippen molar-refractivity contribution in [3.05, 3.63) is 29.8 Å². The third-order valence-corrected chi connectivity index (χ3v) is 5.59. The summed E-state index contributed by atoms with van der Waals surface area (Å²) in [4.78, 5) is -0.590. The summed E-state index contributed by atoms with van der Waals surface area (Å²) in [6.07, 6.45) is 3.06. The molecule has 102 valence electrons. The second kappa shape index (κ2) is 5.25. The van der Waals surface area contributed by atoms with E-state index in [-0.39, 0.29) is 5.92 Å². The maximum absolute atomic E-state index is 13.6. The van der Waals surface area contributed by atoms with Crippen LogP contribution >= 0.6 is 0 Å². The Morgan fingerprint density at radius 1 is 1.26 bits per heavy atom. The minimum absolute atomic E-state index is 0.264. The molecule has 1 saturated carbocycles. The number of hydrogen-bond donors (Lipinski definition) is 0. The zero-order valence-electron chi connectivity index (χ0n) is 10.1. The number of rotatable bonds is 3. The summed E-state index contributed by atoms with van der Waals surface area (Å²) < 4.78 is 51.0. The van der Waals surface area contributed by atoms with E-state index in [0.29, 0.717) is 18.9 Å². The van der Waals surface area contributed by atoms with Gasteiger partial charge in [-0.1, -0.05) is 12.8 Å². The topological polar surface area (TPSA) is 57.9 Å². The zero-order valence-corrected chi connectivity index (χ0v) is 11.0. The van der Waals surface area contributed by atoms with Crippen LogP contribution in [0.2, 0.25) is 0 Å². The summed E-state index contributed by atoms with van der Waals surface area (Å²) >= 11 is 0. The van der Waals surface area contributed by atoms with Gasteiger partial charge in [-0.2, -0.15) is 5.26 Å². The molecule has 1 fully saturated rings. The van der Waals surface area contributed by atoms with Crippen molar-refractivity contribution < 1.29 is 17.2 Å². The summed E-state index contributed by atoms with van der Waals surface area (Å²) in [5, 5.41) is 7.85. The first-order valence-electron chi connectivity index (χ1n) is 6.05. The van der Waals surface area contributed by atoms with Crippen LogP contribution < -0.4 is 0 Å². The third-order valence-electron chi connectivity index (χ3n) is 3.49. The molecule has 2 rings (SSSR count). The van der Waals surface area contributed by atoms with Gasteiger partial charge in [0, 0.05) is 6.07 Å². The van der Waals surface area contributed by atoms with Crippen molar-refractivity contribution in [1.29, 1.82) is 5.26 Å². The van der Waals surface area contributed by atoms with E-state index in [9.17, 15) is 17.2 Å². The molecule has 1 aliphatic rings. The number of sulfone groups is 1. The Labute approximate surface area is 110 Å². The monoisotopic (exact) mass is 285 g/mol. The van der Waals surface area contributed by atoms with Gasteiger partial charge in [0.25, 0.3) is 0 Å². The highest BCUT2D eigenvalue weighted by Gasteiger charge is 2.37. The van der Waals surface area contributed by atoms with Crippen molar-refractivity contribution in [2.24, 2.45) is 5.92 Å². The Hall–Kier alpha value is -1.48. The molecular formula is C13H13F2NO2S. The first-order valence-corrected chi connectivity index (χ1v) is 7.60. The van der Waals surface area contributed by atoms with E-state index in [1.807, 2.05) is 0 Å². The van der Waals surface area contributed by atoms with E-state index in [0.717, 1.165) is 25.0 Å². The van der Waals surface area contributed by atoms with Gasteiger partial charge in [0.2, 0.25) is 0 Å². The highest BCUT2D eigenvalue weighted by atomic mass is 32.2. The summed E-state index contributed by atoms with van der Waals surface area (Å²) in [6.45, 7) is 0. The van der Waals surface area contributed by atoms with E-state index in [4.69, 9.17) is 5.26 Å². The summed E-state index contributed by atoms with van der Waals surface area (Å²) in [7, 11) is -4.08. The quantitative estimate of drug-likeness (QED) is 0.802. The fourth-order valence-electron chi connectivity index (χ4n) is 2.53. The molecule has 0 amide bonds. The molecule has 19 heavy (non-hydrogen) atoms. The molecule has 0 spiro atoms. The lowest BCUT2D eigenvalue weighted by molar-refractivity contribution is 0.514. The summed E-state index contributed by atoms with van der Waals surface area (Å²) in [6, 6.07) is 4.08. The standard InChI is InChI=1S/C13H13F2NO2S/c14-10-5-6-12(11(15)7-10)19(17,18)13(8-16)9-3-1-2-4-9/h5-7,9,13H,1-4H2. The van der Waals surface area contributed by atoms with Crippen LogP contribution in [-0.4, -0.2) is 13.7 Å². The Bertz CT molecular complexity index is 616. The molecule has 0 aliphatic heterocycles. The maximum Gasteiger partial charge on any atom is 0.197 e. The zero-order chi connectivity index (χ0) is 14.0. The molecule has 0 radical (unpaired) electrons. The first kappa shape index (κ1) is 13.9. The molecule has 0 N–H and O–H groups in total. The molecule has 1 aliphatic carbocycles. The van der Waals surface area contributed by atoms with Gasteiger partial charge in [0.1, 0.15) is 16.5 Å². The van der Waals surface area contributed by atoms with Crippen LogP contribution in [0.1, 0.15) is 25.7 Å². The molecule has 0 heterocycles. The van der Waals surface area contributed by atoms with Gasteiger partial charge in [-0.3, -0.25) is 0 Å². The average Bonchev–Trinajstić information content (AvgIpc) is 2.82. The minimum atomic E-state index is -4.08. The van der Waals surface area contributed by atoms with Crippen LogP contribution in [-0.2, 0) is 9.84 Å². The van der Waals surface area contributed by atoms with Gasteiger partial charge in [-0.05, 0) is 30.9 Å². The Kier molecular flexibility index (Phi) is 3.85. The lowest BCUT2D eigenvalue weighted by Crippen LogP contribution is -2.27. The average molecular weight is 285 g/mol. The van der Waals surface area contributed by atoms with Crippen LogP contribution in [0.15, 0.2) is 23.1 Å². The largest absolute Gasteiger partial charge is 0.222 e. The lowest BCUT2D eigenvalue weighted by Gasteiger charge is -2.17. The van der Waals surface area contributed by atoms with Gasteiger partial charge in [0.15, 0.2) is 15.1 Å². The first-order chi connectivity index (χ1) is 8.96. The fourth-order valence-corrected chi connectivity index (χ4v) is 4.31. The Morgan fingerprint density at radius 3 is 2.42 bits per heavy atom. The lowest BCUT2D eigenvalue weighted by atomic mass is 10.1. The van der Waals surface area contributed by atoms with Crippen LogP contribution in [0.5, 0.6) is 0 Å². The third kappa shape index (κ3) is 2.61. The molecule has 0 bridgehead atoms. The van der Waals surface area contributed by atoms with E-state index in [1.54, 1.807) is 6.07 Å². The fraction of sp³-hybridized carbons (Fsp3) is 0.462. The summed E-state index contributed by atoms with van der Waals surface area (Å²) in [5.74, 6) is -2.25. The number of nitrogens with zero attached hydrogens (tertiary/aromatic N) is 1. The van der Waals surface area contributed by atoms with E-state index in [1.165, 1.54) is 0 Å². The highest BCUT2D eigenvalue weighted by Crippen LogP contribution is 2.34. The Morgan fingerprint density at radius 2 is 1.89 bits per heavy atom. The normalized spacial score (nSPS) is 18.2. The van der Waals surface area contributed by atoms with E-state index >= 15 is 0 Å². The van der Waals surface area contributed by atoms with Gasteiger partial charge < -0.3 is 0 Å². The number of hydrogen-bond acceptors (Lipinski definition) is 3. The predicted molar refractivity (Wildman–Crippen MR) is 64.9 cm³/mol. The van der Waals surface area contributed by atoms with Crippen molar-refractivity contribution in [3.63, 3.8) is 0 Å². The van der Waals surface area contributed by atoms with Crippen LogP contribution in [0, 0.1) is 28.9 Å². The molecule has 0 aromatic heterocycles. The van der Waals surface area contributed by atoms with Crippen molar-refractivity contribution in [3.8, 4) is 6.07 Å². The number of benzene rings is 1. The van der Waals surface area contributed by atoms with E-state index in [2.05, 4.69) is 0 Å². The second-order valence-corrected chi connectivity index (χ2v) is 6.75. The molecule has 1 aromatic carbocycles. The molecule has 6 heteroatoms. The predicted octanol–water partition coefficient (Wildman–Crippen LogP) is 2.82.